The fraction of sp³-hybridized carbons (Fsp3) is 0.550. The van der Waals surface area contributed by atoms with Crippen LogP contribution in [0.4, 0.5) is 5.69 Å². The molecule has 0 aliphatic heterocycles. The Bertz CT molecular complexity index is 549. The first-order valence-corrected chi connectivity index (χ1v) is 9.08. The van der Waals surface area contributed by atoms with Crippen LogP contribution in [0.1, 0.15) is 32.1 Å². The smallest absolute Gasteiger partial charge is 0.248 e. The quantitative estimate of drug-likeness (QED) is 0.710. The molecule has 2 N–H and O–H groups in total. The van der Waals surface area contributed by atoms with E-state index in [1.807, 2.05) is 25.1 Å². The number of carbonyl (C=O) groups is 1. The van der Waals surface area contributed by atoms with E-state index in [4.69, 9.17) is 4.74 Å². The summed E-state index contributed by atoms with van der Waals surface area (Å²) in [5.41, 5.74) is 0.736. The molecule has 1 unspecified atom stereocenters. The van der Waals surface area contributed by atoms with Crippen LogP contribution in [0.5, 0.6) is 5.75 Å². The number of aliphatic hydroxyl groups is 1. The van der Waals surface area contributed by atoms with Crippen molar-refractivity contribution in [2.45, 2.75) is 38.2 Å². The first-order chi connectivity index (χ1) is 12.0. The van der Waals surface area contributed by atoms with Gasteiger partial charge < -0.3 is 20.1 Å². The van der Waals surface area contributed by atoms with Crippen LogP contribution in [0.25, 0.3) is 0 Å². The minimum Gasteiger partial charge on any atom is -0.491 e. The lowest BCUT2D eigenvalue weighted by atomic mass is 9.89. The number of amides is 1. The lowest BCUT2D eigenvalue weighted by Crippen LogP contribution is -2.30. The standard InChI is InChI=1S/C20H30N2O3/c1-22(2)14-18(23)15-25-19-11-9-17(10-12-19)21-20(24)13-8-16-6-4-3-5-7-16/h8-13,16,18,23H,3-7,14-15H2,1-2H3,(H,21,24)/b13-8+. The SMILES string of the molecule is CN(C)CC(O)COc1ccc(NC(=O)/C=C/C2CCCCC2)cc1. The second-order valence-electron chi connectivity index (χ2n) is 7.00. The number of hydrogen-bond donors (Lipinski definition) is 2. The van der Waals surface area contributed by atoms with Gasteiger partial charge in [-0.25, -0.2) is 0 Å². The van der Waals surface area contributed by atoms with E-state index in [9.17, 15) is 9.90 Å². The number of nitrogens with one attached hydrogen (secondary N) is 1. The summed E-state index contributed by atoms with van der Waals surface area (Å²) in [4.78, 5) is 13.9. The number of benzene rings is 1. The Morgan fingerprint density at radius 2 is 1.96 bits per heavy atom. The second kappa shape index (κ2) is 10.2. The van der Waals surface area contributed by atoms with E-state index >= 15 is 0 Å². The molecule has 2 rings (SSSR count). The molecule has 0 saturated heterocycles. The third-order valence-corrected chi connectivity index (χ3v) is 4.31. The molecule has 1 fully saturated rings. The zero-order valence-electron chi connectivity index (χ0n) is 15.3. The van der Waals surface area contributed by atoms with Crippen LogP contribution in [-0.2, 0) is 4.79 Å². The van der Waals surface area contributed by atoms with E-state index < -0.39 is 6.10 Å². The highest BCUT2D eigenvalue weighted by atomic mass is 16.5. The molecule has 1 aliphatic carbocycles. The highest BCUT2D eigenvalue weighted by Gasteiger charge is 2.10. The first-order valence-electron chi connectivity index (χ1n) is 9.08. The van der Waals surface area contributed by atoms with Gasteiger partial charge in [-0.3, -0.25) is 4.79 Å². The summed E-state index contributed by atoms with van der Waals surface area (Å²) in [5.74, 6) is 1.12. The maximum atomic E-state index is 12.0. The molecular formula is C20H30N2O3. The monoisotopic (exact) mass is 346 g/mol. The van der Waals surface area contributed by atoms with E-state index in [2.05, 4.69) is 5.32 Å². The van der Waals surface area contributed by atoms with Gasteiger partial charge in [-0.15, -0.1) is 0 Å². The molecule has 138 valence electrons. The molecule has 5 nitrogen and oxygen atoms in total. The van der Waals surface area contributed by atoms with Crippen LogP contribution in [0.15, 0.2) is 36.4 Å². The minimum absolute atomic E-state index is 0.0966. The van der Waals surface area contributed by atoms with Gasteiger partial charge in [0.15, 0.2) is 0 Å². The van der Waals surface area contributed by atoms with Gasteiger partial charge >= 0.3 is 0 Å². The summed E-state index contributed by atoms with van der Waals surface area (Å²) >= 11 is 0. The van der Waals surface area contributed by atoms with Crippen molar-refractivity contribution in [3.8, 4) is 5.75 Å². The van der Waals surface area contributed by atoms with Crippen LogP contribution in [-0.4, -0.2) is 49.3 Å². The van der Waals surface area contributed by atoms with Crippen LogP contribution in [0.2, 0.25) is 0 Å². The fourth-order valence-corrected chi connectivity index (χ4v) is 3.04. The number of hydrogen-bond acceptors (Lipinski definition) is 4. The molecule has 0 heterocycles. The van der Waals surface area contributed by atoms with Gasteiger partial charge in [0, 0.05) is 12.2 Å². The second-order valence-corrected chi connectivity index (χ2v) is 7.00. The van der Waals surface area contributed by atoms with Gasteiger partial charge in [0.2, 0.25) is 5.91 Å². The van der Waals surface area contributed by atoms with Crippen LogP contribution >= 0.6 is 0 Å². The number of ether oxygens (including phenoxy) is 1. The Morgan fingerprint density at radius 3 is 2.60 bits per heavy atom. The Balaban J connectivity index is 1.75. The van der Waals surface area contributed by atoms with E-state index in [-0.39, 0.29) is 12.5 Å². The van der Waals surface area contributed by atoms with Crippen molar-refractivity contribution < 1.29 is 14.6 Å². The number of aliphatic hydroxyl groups excluding tert-OH is 1. The van der Waals surface area contributed by atoms with Crippen molar-refractivity contribution in [2.24, 2.45) is 5.92 Å². The van der Waals surface area contributed by atoms with Crippen molar-refractivity contribution in [3.05, 3.63) is 36.4 Å². The Labute approximate surface area is 150 Å². The molecule has 1 amide bonds. The zero-order valence-corrected chi connectivity index (χ0v) is 15.3. The van der Waals surface area contributed by atoms with Crippen molar-refractivity contribution in [1.82, 2.24) is 4.90 Å². The topological polar surface area (TPSA) is 61.8 Å². The maximum Gasteiger partial charge on any atom is 0.248 e. The predicted octanol–water partition coefficient (Wildman–Crippen LogP) is 3.06. The number of likely N-dealkylation sites (N-methyl/N-ethyl adjacent to an activating group) is 1. The Hall–Kier alpha value is -1.85. The summed E-state index contributed by atoms with van der Waals surface area (Å²) in [6, 6.07) is 7.20. The average molecular weight is 346 g/mol. The van der Waals surface area contributed by atoms with Crippen molar-refractivity contribution in [1.29, 1.82) is 0 Å². The molecule has 1 aromatic carbocycles. The summed E-state index contributed by atoms with van der Waals surface area (Å²) in [6.45, 7) is 0.801. The van der Waals surface area contributed by atoms with Gasteiger partial charge in [-0.2, -0.15) is 0 Å². The molecule has 1 aromatic rings. The Kier molecular flexibility index (Phi) is 7.95. The van der Waals surface area contributed by atoms with Gasteiger partial charge in [-0.1, -0.05) is 25.3 Å². The van der Waals surface area contributed by atoms with E-state index in [0.717, 1.165) is 5.69 Å². The summed E-state index contributed by atoms with van der Waals surface area (Å²) in [6.07, 6.45) is 9.39. The van der Waals surface area contributed by atoms with Gasteiger partial charge in [0.25, 0.3) is 0 Å². The predicted molar refractivity (Wildman–Crippen MR) is 101 cm³/mol. The molecule has 1 atom stereocenters. The molecule has 0 bridgehead atoms. The summed E-state index contributed by atoms with van der Waals surface area (Å²) in [5, 5.41) is 12.7. The molecule has 0 aromatic heterocycles. The first kappa shape index (κ1) is 19.5. The molecule has 25 heavy (non-hydrogen) atoms. The summed E-state index contributed by atoms with van der Waals surface area (Å²) < 4.78 is 5.55. The maximum absolute atomic E-state index is 12.0. The van der Waals surface area contributed by atoms with Gasteiger partial charge in [0.1, 0.15) is 18.5 Å². The molecule has 1 saturated carbocycles. The van der Waals surface area contributed by atoms with E-state index in [1.54, 1.807) is 30.3 Å². The molecular weight excluding hydrogens is 316 g/mol. The number of rotatable bonds is 8. The largest absolute Gasteiger partial charge is 0.491 e. The van der Waals surface area contributed by atoms with Gasteiger partial charge in [-0.05, 0) is 63.2 Å². The number of nitrogens with zero attached hydrogens (tertiary/aromatic N) is 1. The van der Waals surface area contributed by atoms with E-state index in [1.165, 1.54) is 32.1 Å². The van der Waals surface area contributed by atoms with Crippen LogP contribution < -0.4 is 10.1 Å². The normalized spacial score (nSPS) is 17.0. The minimum atomic E-state index is -0.528. The lowest BCUT2D eigenvalue weighted by Gasteiger charge is -2.17. The summed E-state index contributed by atoms with van der Waals surface area (Å²) in [7, 11) is 3.81. The highest BCUT2D eigenvalue weighted by Crippen LogP contribution is 2.24. The molecule has 0 spiro atoms. The highest BCUT2D eigenvalue weighted by molar-refractivity contribution is 5.99. The molecule has 0 radical (unpaired) electrons. The third-order valence-electron chi connectivity index (χ3n) is 4.31. The number of allylic oxidation sites excluding steroid dienone is 1. The van der Waals surface area contributed by atoms with Crippen molar-refractivity contribution >= 4 is 11.6 Å². The molecule has 1 aliphatic rings. The Morgan fingerprint density at radius 1 is 1.28 bits per heavy atom. The van der Waals surface area contributed by atoms with Gasteiger partial charge in [0.05, 0.1) is 0 Å². The number of carbonyl (C=O) groups excluding carboxylic acids is 1. The van der Waals surface area contributed by atoms with Crippen LogP contribution in [0, 0.1) is 5.92 Å². The van der Waals surface area contributed by atoms with Crippen LogP contribution in [0.3, 0.4) is 0 Å². The van der Waals surface area contributed by atoms with Crippen molar-refractivity contribution in [3.63, 3.8) is 0 Å². The van der Waals surface area contributed by atoms with E-state index in [0.29, 0.717) is 18.2 Å². The average Bonchev–Trinajstić information content (AvgIpc) is 2.60. The zero-order chi connectivity index (χ0) is 18.1. The molecule has 5 heteroatoms. The third kappa shape index (κ3) is 7.71. The lowest BCUT2D eigenvalue weighted by molar-refractivity contribution is -0.111. The van der Waals surface area contributed by atoms with Crippen molar-refractivity contribution in [2.75, 3.05) is 32.6 Å². The number of anilines is 1. The fourth-order valence-electron chi connectivity index (χ4n) is 3.04.